The molecule has 0 spiro atoms. The Bertz CT molecular complexity index is 667. The number of hydrogen-bond donors (Lipinski definition) is 1. The third-order valence-corrected chi connectivity index (χ3v) is 5.70. The molecule has 8 heteroatoms. The first-order chi connectivity index (χ1) is 10.2. The molecule has 0 bridgehead atoms. The topological polar surface area (TPSA) is 77.9 Å². The minimum atomic E-state index is -3.81. The Balaban J connectivity index is 2.25. The third kappa shape index (κ3) is 3.29. The number of carbonyl (C=O) groups is 1. The maximum atomic E-state index is 13.4. The van der Waals surface area contributed by atoms with Crippen LogP contribution < -0.4 is 0 Å². The van der Waals surface area contributed by atoms with E-state index in [-0.39, 0.29) is 4.90 Å². The summed E-state index contributed by atoms with van der Waals surface area (Å²) in [7, 11) is -3.81. The summed E-state index contributed by atoms with van der Waals surface area (Å²) < 4.78 is 39.8. The molecule has 0 radical (unpaired) electrons. The molecule has 2 rings (SSSR count). The van der Waals surface area contributed by atoms with Crippen molar-refractivity contribution in [3.8, 4) is 0 Å². The van der Waals surface area contributed by atoms with Crippen LogP contribution in [0.1, 0.15) is 24.2 Å². The van der Waals surface area contributed by atoms with Gasteiger partial charge in [0.05, 0.1) is 10.5 Å². The summed E-state index contributed by atoms with van der Waals surface area (Å²) in [6.07, 6.45) is 0. The molecule has 22 heavy (non-hydrogen) atoms. The van der Waals surface area contributed by atoms with Gasteiger partial charge < -0.3 is 5.11 Å². The van der Waals surface area contributed by atoms with E-state index in [1.807, 2.05) is 13.8 Å². The van der Waals surface area contributed by atoms with E-state index >= 15 is 0 Å². The van der Waals surface area contributed by atoms with Gasteiger partial charge in [-0.15, -0.1) is 0 Å². The van der Waals surface area contributed by atoms with Gasteiger partial charge in [0, 0.05) is 32.2 Å². The molecule has 1 aliphatic heterocycles. The maximum Gasteiger partial charge on any atom is 0.338 e. The summed E-state index contributed by atoms with van der Waals surface area (Å²) in [5, 5.41) is 8.91. The van der Waals surface area contributed by atoms with Crippen LogP contribution in [0.2, 0.25) is 0 Å². The van der Waals surface area contributed by atoms with Gasteiger partial charge >= 0.3 is 5.97 Å². The number of nitrogens with zero attached hydrogens (tertiary/aromatic N) is 2. The minimum absolute atomic E-state index is 0.190. The summed E-state index contributed by atoms with van der Waals surface area (Å²) in [5.74, 6) is -2.43. The van der Waals surface area contributed by atoms with Gasteiger partial charge in [-0.05, 0) is 32.0 Å². The summed E-state index contributed by atoms with van der Waals surface area (Å²) >= 11 is 0. The Labute approximate surface area is 129 Å². The van der Waals surface area contributed by atoms with E-state index < -0.39 is 27.4 Å². The van der Waals surface area contributed by atoms with Gasteiger partial charge in [-0.3, -0.25) is 4.90 Å². The van der Waals surface area contributed by atoms with E-state index in [4.69, 9.17) is 5.11 Å². The lowest BCUT2D eigenvalue weighted by Crippen LogP contribution is -2.50. The van der Waals surface area contributed by atoms with Crippen molar-refractivity contribution in [2.45, 2.75) is 24.8 Å². The molecule has 6 nitrogen and oxygen atoms in total. The minimum Gasteiger partial charge on any atom is -0.478 e. The van der Waals surface area contributed by atoms with Crippen molar-refractivity contribution in [2.24, 2.45) is 0 Å². The lowest BCUT2D eigenvalue weighted by atomic mass is 10.2. The van der Waals surface area contributed by atoms with Crippen LogP contribution in [0.4, 0.5) is 4.39 Å². The van der Waals surface area contributed by atoms with Gasteiger partial charge in [-0.2, -0.15) is 4.31 Å². The SMILES string of the molecule is CC(C)N1CCN(S(=O)(=O)c2ccc(F)c(C(=O)O)c2)CC1. The Morgan fingerprint density at radius 2 is 1.82 bits per heavy atom. The van der Waals surface area contributed by atoms with Crippen molar-refractivity contribution >= 4 is 16.0 Å². The summed E-state index contributed by atoms with van der Waals surface area (Å²) in [6, 6.07) is 3.20. The highest BCUT2D eigenvalue weighted by Crippen LogP contribution is 2.21. The highest BCUT2D eigenvalue weighted by molar-refractivity contribution is 7.89. The lowest BCUT2D eigenvalue weighted by Gasteiger charge is -2.36. The number of carboxylic acid groups (broad SMARTS) is 1. The number of aromatic carboxylic acids is 1. The molecule has 1 fully saturated rings. The highest BCUT2D eigenvalue weighted by atomic mass is 32.2. The number of piperazine rings is 1. The lowest BCUT2D eigenvalue weighted by molar-refractivity contribution is 0.0691. The van der Waals surface area contributed by atoms with Crippen LogP contribution in [0.3, 0.4) is 0 Å². The molecule has 0 aromatic heterocycles. The average molecular weight is 330 g/mol. The zero-order valence-corrected chi connectivity index (χ0v) is 13.3. The first kappa shape index (κ1) is 16.9. The first-order valence-corrected chi connectivity index (χ1v) is 8.44. The fourth-order valence-corrected chi connectivity index (χ4v) is 3.89. The summed E-state index contributed by atoms with van der Waals surface area (Å²) in [5.41, 5.74) is -0.637. The molecule has 1 aromatic carbocycles. The summed E-state index contributed by atoms with van der Waals surface area (Å²) in [6.45, 7) is 5.99. The van der Waals surface area contributed by atoms with Gasteiger partial charge in [0.2, 0.25) is 10.0 Å². The van der Waals surface area contributed by atoms with Crippen LogP contribution in [0.25, 0.3) is 0 Å². The predicted octanol–water partition coefficient (Wildman–Crippen LogP) is 1.24. The van der Waals surface area contributed by atoms with Crippen molar-refractivity contribution in [1.82, 2.24) is 9.21 Å². The Hall–Kier alpha value is -1.51. The Kier molecular flexibility index (Phi) is 4.84. The molecule has 122 valence electrons. The molecule has 0 unspecified atom stereocenters. The summed E-state index contributed by atoms with van der Waals surface area (Å²) in [4.78, 5) is 12.9. The molecule has 1 aliphatic rings. The predicted molar refractivity (Wildman–Crippen MR) is 78.8 cm³/mol. The van der Waals surface area contributed by atoms with Gasteiger partial charge in [0.25, 0.3) is 0 Å². The van der Waals surface area contributed by atoms with Gasteiger partial charge in [0.15, 0.2) is 0 Å². The second-order valence-corrected chi connectivity index (χ2v) is 7.42. The smallest absolute Gasteiger partial charge is 0.338 e. The van der Waals surface area contributed by atoms with Gasteiger partial charge in [0.1, 0.15) is 5.82 Å². The number of rotatable bonds is 4. The molecule has 0 saturated carbocycles. The quantitative estimate of drug-likeness (QED) is 0.899. The fourth-order valence-electron chi connectivity index (χ4n) is 2.44. The van der Waals surface area contributed by atoms with Crippen molar-refractivity contribution < 1.29 is 22.7 Å². The highest BCUT2D eigenvalue weighted by Gasteiger charge is 2.30. The van der Waals surface area contributed by atoms with Crippen molar-refractivity contribution in [1.29, 1.82) is 0 Å². The zero-order chi connectivity index (χ0) is 16.5. The second-order valence-electron chi connectivity index (χ2n) is 5.48. The molecule has 1 saturated heterocycles. The Morgan fingerprint density at radius 3 is 2.32 bits per heavy atom. The molecule has 0 aliphatic carbocycles. The monoisotopic (exact) mass is 330 g/mol. The van der Waals surface area contributed by atoms with Crippen molar-refractivity contribution in [3.05, 3.63) is 29.6 Å². The number of halogens is 1. The molecule has 0 amide bonds. The molecule has 0 atom stereocenters. The number of benzene rings is 1. The van der Waals surface area contributed by atoms with Crippen LogP contribution in [0.15, 0.2) is 23.1 Å². The van der Waals surface area contributed by atoms with E-state index in [9.17, 15) is 17.6 Å². The Morgan fingerprint density at radius 1 is 1.23 bits per heavy atom. The second kappa shape index (κ2) is 6.31. The van der Waals surface area contributed by atoms with Crippen LogP contribution in [0, 0.1) is 5.82 Å². The zero-order valence-electron chi connectivity index (χ0n) is 12.5. The normalized spacial score (nSPS) is 17.8. The van der Waals surface area contributed by atoms with Crippen molar-refractivity contribution in [2.75, 3.05) is 26.2 Å². The third-order valence-electron chi connectivity index (χ3n) is 3.81. The molecule has 1 heterocycles. The van der Waals surface area contributed by atoms with Crippen LogP contribution in [0.5, 0.6) is 0 Å². The first-order valence-electron chi connectivity index (χ1n) is 7.00. The molecule has 1 aromatic rings. The molecular weight excluding hydrogens is 311 g/mol. The standard InChI is InChI=1S/C14H19FN2O4S/c1-10(2)16-5-7-17(8-6-16)22(20,21)11-3-4-13(15)12(9-11)14(18)19/h3-4,9-10H,5-8H2,1-2H3,(H,18,19). The molecule has 1 N–H and O–H groups in total. The van der Waals surface area contributed by atoms with E-state index in [1.165, 1.54) is 4.31 Å². The van der Waals surface area contributed by atoms with Gasteiger partial charge in [-0.25, -0.2) is 17.6 Å². The van der Waals surface area contributed by atoms with E-state index in [2.05, 4.69) is 4.90 Å². The largest absolute Gasteiger partial charge is 0.478 e. The van der Waals surface area contributed by atoms with E-state index in [0.29, 0.717) is 32.2 Å². The fraction of sp³-hybridized carbons (Fsp3) is 0.500. The average Bonchev–Trinajstić information content (AvgIpc) is 2.47. The molecular formula is C14H19FN2O4S. The number of sulfonamides is 1. The number of carboxylic acids is 1. The van der Waals surface area contributed by atoms with Crippen LogP contribution in [-0.4, -0.2) is 60.9 Å². The van der Waals surface area contributed by atoms with Crippen LogP contribution in [-0.2, 0) is 10.0 Å². The van der Waals surface area contributed by atoms with Gasteiger partial charge in [-0.1, -0.05) is 0 Å². The van der Waals surface area contributed by atoms with E-state index in [0.717, 1.165) is 18.2 Å². The van der Waals surface area contributed by atoms with Crippen molar-refractivity contribution in [3.63, 3.8) is 0 Å². The number of hydrogen-bond acceptors (Lipinski definition) is 4. The van der Waals surface area contributed by atoms with Crippen LogP contribution >= 0.6 is 0 Å². The maximum absolute atomic E-state index is 13.4. The van der Waals surface area contributed by atoms with E-state index in [1.54, 1.807) is 0 Å².